The Bertz CT molecular complexity index is 862. The van der Waals surface area contributed by atoms with Gasteiger partial charge in [0.15, 0.2) is 11.5 Å². The molecule has 162 valence electrons. The Morgan fingerprint density at radius 3 is 2.37 bits per heavy atom. The monoisotopic (exact) mass is 413 g/mol. The van der Waals surface area contributed by atoms with Gasteiger partial charge in [-0.25, -0.2) is 0 Å². The number of hydrogen-bond donors (Lipinski definition) is 2. The zero-order chi connectivity index (χ0) is 22.1. The first-order valence-electron chi connectivity index (χ1n) is 9.95. The number of nitrogens with one attached hydrogen (secondary N) is 2. The summed E-state index contributed by atoms with van der Waals surface area (Å²) in [4.78, 5) is 26.3. The molecule has 7 heteroatoms. The third kappa shape index (κ3) is 6.77. The number of nitrogens with zero attached hydrogens (tertiary/aromatic N) is 1. The van der Waals surface area contributed by atoms with E-state index in [-0.39, 0.29) is 24.9 Å². The van der Waals surface area contributed by atoms with Crippen molar-refractivity contribution in [2.24, 2.45) is 0 Å². The van der Waals surface area contributed by atoms with Crippen LogP contribution in [0.3, 0.4) is 0 Å². The molecule has 2 aromatic carbocycles. The molecule has 0 aliphatic heterocycles. The molecule has 0 aliphatic carbocycles. The fraction of sp³-hybridized carbons (Fsp3) is 0.391. The number of anilines is 1. The predicted octanol–water partition coefficient (Wildman–Crippen LogP) is 2.90. The summed E-state index contributed by atoms with van der Waals surface area (Å²) in [6, 6.07) is 11.5. The normalized spacial score (nSPS) is 10.6. The van der Waals surface area contributed by atoms with Crippen LogP contribution in [0.25, 0.3) is 0 Å². The second kappa shape index (κ2) is 11.2. The maximum Gasteiger partial charge on any atom is 0.243 e. The maximum absolute atomic E-state index is 12.2. The lowest BCUT2D eigenvalue weighted by Gasteiger charge is -2.18. The van der Waals surface area contributed by atoms with E-state index >= 15 is 0 Å². The molecule has 2 N–H and O–H groups in total. The number of amides is 2. The topological polar surface area (TPSA) is 79.9 Å². The van der Waals surface area contributed by atoms with E-state index in [1.807, 2.05) is 69.1 Å². The van der Waals surface area contributed by atoms with Crippen LogP contribution in [0.15, 0.2) is 36.4 Å². The summed E-state index contributed by atoms with van der Waals surface area (Å²) in [5.74, 6) is 0.890. The van der Waals surface area contributed by atoms with Crippen LogP contribution in [-0.2, 0) is 16.1 Å². The van der Waals surface area contributed by atoms with E-state index in [9.17, 15) is 9.59 Å². The van der Waals surface area contributed by atoms with E-state index in [1.54, 1.807) is 7.11 Å². The number of aryl methyl sites for hydroxylation is 2. The van der Waals surface area contributed by atoms with Crippen LogP contribution in [-0.4, -0.2) is 50.6 Å². The van der Waals surface area contributed by atoms with E-state index in [2.05, 4.69) is 10.6 Å². The van der Waals surface area contributed by atoms with Gasteiger partial charge in [-0.05, 0) is 56.6 Å². The van der Waals surface area contributed by atoms with Gasteiger partial charge < -0.3 is 20.1 Å². The first kappa shape index (κ1) is 23.2. The molecule has 2 rings (SSSR count). The minimum atomic E-state index is -0.250. The van der Waals surface area contributed by atoms with Gasteiger partial charge >= 0.3 is 0 Å². The quantitative estimate of drug-likeness (QED) is 0.626. The van der Waals surface area contributed by atoms with Crippen molar-refractivity contribution in [1.82, 2.24) is 10.2 Å². The molecule has 0 fully saturated rings. The Morgan fingerprint density at radius 1 is 1.03 bits per heavy atom. The Morgan fingerprint density at radius 2 is 1.73 bits per heavy atom. The van der Waals surface area contributed by atoms with Gasteiger partial charge in [0, 0.05) is 12.2 Å². The molecule has 0 saturated carbocycles. The summed E-state index contributed by atoms with van der Waals surface area (Å²) in [6.07, 6.45) is 0. The lowest BCUT2D eigenvalue weighted by molar-refractivity contribution is -0.124. The van der Waals surface area contributed by atoms with Crippen molar-refractivity contribution in [3.05, 3.63) is 53.1 Å². The molecule has 7 nitrogen and oxygen atoms in total. The molecule has 30 heavy (non-hydrogen) atoms. The van der Waals surface area contributed by atoms with Crippen LogP contribution < -0.4 is 20.1 Å². The third-order valence-electron chi connectivity index (χ3n) is 4.59. The fourth-order valence-corrected chi connectivity index (χ4v) is 3.13. The first-order chi connectivity index (χ1) is 14.3. The van der Waals surface area contributed by atoms with Crippen molar-refractivity contribution >= 4 is 17.5 Å². The summed E-state index contributed by atoms with van der Waals surface area (Å²) in [7, 11) is 3.45. The predicted molar refractivity (Wildman–Crippen MR) is 118 cm³/mol. The van der Waals surface area contributed by atoms with Gasteiger partial charge in [-0.3, -0.25) is 14.5 Å². The van der Waals surface area contributed by atoms with Crippen LogP contribution >= 0.6 is 0 Å². The molecule has 2 aromatic rings. The van der Waals surface area contributed by atoms with Crippen molar-refractivity contribution in [1.29, 1.82) is 0 Å². The van der Waals surface area contributed by atoms with Crippen LogP contribution in [0, 0.1) is 13.8 Å². The smallest absolute Gasteiger partial charge is 0.243 e. The van der Waals surface area contributed by atoms with Gasteiger partial charge in [-0.2, -0.15) is 0 Å². The third-order valence-corrected chi connectivity index (χ3v) is 4.59. The highest BCUT2D eigenvalue weighted by Gasteiger charge is 2.12. The van der Waals surface area contributed by atoms with Crippen LogP contribution in [0.2, 0.25) is 0 Å². The average molecular weight is 414 g/mol. The van der Waals surface area contributed by atoms with Crippen LogP contribution in [0.1, 0.15) is 23.6 Å². The van der Waals surface area contributed by atoms with E-state index < -0.39 is 0 Å². The van der Waals surface area contributed by atoms with Crippen molar-refractivity contribution in [2.45, 2.75) is 27.3 Å². The van der Waals surface area contributed by atoms with Gasteiger partial charge in [0.05, 0.1) is 26.8 Å². The van der Waals surface area contributed by atoms with Crippen molar-refractivity contribution in [3.63, 3.8) is 0 Å². The lowest BCUT2D eigenvalue weighted by Crippen LogP contribution is -2.39. The highest BCUT2D eigenvalue weighted by atomic mass is 16.5. The number of likely N-dealkylation sites (N-methyl/N-ethyl adjacent to an activating group) is 1. The standard InChI is InChI=1S/C23H31N3O4/c1-6-30-19-11-10-18(12-20(19)29-5)14-26(4)15-22(28)24-13-21(27)25-23-16(2)8-7-9-17(23)3/h7-12H,6,13-15H2,1-5H3,(H,24,28)(H,25,27). The van der Waals surface area contributed by atoms with E-state index in [4.69, 9.17) is 9.47 Å². The molecular formula is C23H31N3O4. The van der Waals surface area contributed by atoms with Gasteiger partial charge in [-0.1, -0.05) is 24.3 Å². The molecule has 0 spiro atoms. The number of methoxy groups -OCH3 is 1. The molecule has 0 unspecified atom stereocenters. The number of ether oxygens (including phenoxy) is 2. The summed E-state index contributed by atoms with van der Waals surface area (Å²) in [5, 5.41) is 5.53. The number of rotatable bonds is 10. The van der Waals surface area contributed by atoms with E-state index in [0.717, 1.165) is 22.4 Å². The molecule has 0 saturated heterocycles. The van der Waals surface area contributed by atoms with E-state index in [0.29, 0.717) is 24.7 Å². The zero-order valence-corrected chi connectivity index (χ0v) is 18.4. The molecule has 0 aromatic heterocycles. The number of hydrogen-bond acceptors (Lipinski definition) is 5. The van der Waals surface area contributed by atoms with Gasteiger partial charge in [0.1, 0.15) is 0 Å². The second-order valence-corrected chi connectivity index (χ2v) is 7.18. The van der Waals surface area contributed by atoms with Crippen LogP contribution in [0.4, 0.5) is 5.69 Å². The van der Waals surface area contributed by atoms with Crippen LogP contribution in [0.5, 0.6) is 11.5 Å². The fourth-order valence-electron chi connectivity index (χ4n) is 3.13. The maximum atomic E-state index is 12.2. The number of carbonyl (C=O) groups is 2. The van der Waals surface area contributed by atoms with Crippen molar-refractivity contribution < 1.29 is 19.1 Å². The molecule has 2 amide bonds. The average Bonchev–Trinajstić information content (AvgIpc) is 2.70. The Labute approximate surface area is 178 Å². The van der Waals surface area contributed by atoms with Gasteiger partial charge in [-0.15, -0.1) is 0 Å². The molecule has 0 radical (unpaired) electrons. The highest BCUT2D eigenvalue weighted by molar-refractivity contribution is 5.95. The zero-order valence-electron chi connectivity index (χ0n) is 18.4. The SMILES string of the molecule is CCOc1ccc(CN(C)CC(=O)NCC(=O)Nc2c(C)cccc2C)cc1OC. The molecule has 0 bridgehead atoms. The Balaban J connectivity index is 1.82. The Kier molecular flexibility index (Phi) is 8.68. The van der Waals surface area contributed by atoms with Crippen molar-refractivity contribution in [2.75, 3.05) is 39.2 Å². The summed E-state index contributed by atoms with van der Waals surface area (Å²) < 4.78 is 10.9. The number of benzene rings is 2. The highest BCUT2D eigenvalue weighted by Crippen LogP contribution is 2.28. The summed E-state index contributed by atoms with van der Waals surface area (Å²) in [6.45, 7) is 7.02. The molecule has 0 aliphatic rings. The second-order valence-electron chi connectivity index (χ2n) is 7.18. The number of para-hydroxylation sites is 1. The van der Waals surface area contributed by atoms with E-state index in [1.165, 1.54) is 0 Å². The van der Waals surface area contributed by atoms with Gasteiger partial charge in [0.25, 0.3) is 0 Å². The largest absolute Gasteiger partial charge is 0.493 e. The van der Waals surface area contributed by atoms with Crippen molar-refractivity contribution in [3.8, 4) is 11.5 Å². The minimum Gasteiger partial charge on any atom is -0.493 e. The molecule has 0 heterocycles. The first-order valence-corrected chi connectivity index (χ1v) is 9.95. The molecule has 0 atom stereocenters. The number of carbonyl (C=O) groups excluding carboxylic acids is 2. The summed E-state index contributed by atoms with van der Waals surface area (Å²) in [5.41, 5.74) is 3.76. The summed E-state index contributed by atoms with van der Waals surface area (Å²) >= 11 is 0. The molecular weight excluding hydrogens is 382 g/mol. The minimum absolute atomic E-state index is 0.0721. The Hall–Kier alpha value is -3.06. The lowest BCUT2D eigenvalue weighted by atomic mass is 10.1. The van der Waals surface area contributed by atoms with Gasteiger partial charge in [0.2, 0.25) is 11.8 Å².